The van der Waals surface area contributed by atoms with Crippen molar-refractivity contribution in [2.24, 2.45) is 0 Å². The fourth-order valence-electron chi connectivity index (χ4n) is 1.70. The Kier molecular flexibility index (Phi) is 1.08. The molecule has 1 radical (unpaired) electrons. The van der Waals surface area contributed by atoms with Crippen molar-refractivity contribution in [2.75, 3.05) is 6.61 Å². The number of nitrogens with one attached hydrogen (secondary N) is 1. The van der Waals surface area contributed by atoms with Crippen molar-refractivity contribution in [3.63, 3.8) is 0 Å². The summed E-state index contributed by atoms with van der Waals surface area (Å²) >= 11 is 0. The molecule has 0 bridgehead atoms. The van der Waals surface area contributed by atoms with Crippen LogP contribution in [0, 0.1) is 0 Å². The van der Waals surface area contributed by atoms with E-state index in [1.54, 1.807) is 0 Å². The second kappa shape index (κ2) is 1.70. The van der Waals surface area contributed by atoms with E-state index in [0.29, 0.717) is 11.6 Å². The summed E-state index contributed by atoms with van der Waals surface area (Å²) < 4.78 is 0. The lowest BCUT2D eigenvalue weighted by Gasteiger charge is -2.07. The van der Waals surface area contributed by atoms with Crippen LogP contribution in [0.4, 0.5) is 0 Å². The van der Waals surface area contributed by atoms with Gasteiger partial charge in [0.1, 0.15) is 0 Å². The van der Waals surface area contributed by atoms with Gasteiger partial charge in [0.25, 0.3) is 0 Å². The maximum Gasteiger partial charge on any atom is 0.0975 e. The zero-order valence-corrected chi connectivity index (χ0v) is 5.52. The molecule has 0 aromatic rings. The van der Waals surface area contributed by atoms with Gasteiger partial charge in [0.15, 0.2) is 0 Å². The molecular weight excluding hydrogens is 114 g/mol. The number of rotatable bonds is 1. The van der Waals surface area contributed by atoms with Gasteiger partial charge in [0.05, 0.1) is 6.61 Å². The molecule has 2 fully saturated rings. The van der Waals surface area contributed by atoms with Crippen LogP contribution >= 0.6 is 0 Å². The van der Waals surface area contributed by atoms with Gasteiger partial charge in [-0.2, -0.15) is 0 Å². The van der Waals surface area contributed by atoms with E-state index in [0.717, 1.165) is 6.42 Å². The van der Waals surface area contributed by atoms with Gasteiger partial charge in [-0.05, 0) is 25.7 Å². The summed E-state index contributed by atoms with van der Waals surface area (Å²) in [6.07, 6.45) is 4.98. The predicted octanol–water partition coefficient (Wildman–Crippen LogP) is 0.702. The lowest BCUT2D eigenvalue weighted by molar-refractivity contribution is 0.163. The molecule has 0 aromatic carbocycles. The van der Waals surface area contributed by atoms with E-state index in [1.807, 2.05) is 0 Å². The van der Waals surface area contributed by atoms with E-state index < -0.39 is 0 Å². The molecule has 1 saturated carbocycles. The standard InChI is InChI=1S/C7H12NO/c9-5-6-1-2-7(8-6)3-4-7/h6,8H,1-5H2. The lowest BCUT2D eigenvalue weighted by Crippen LogP contribution is -2.32. The molecule has 2 nitrogen and oxygen atoms in total. The van der Waals surface area contributed by atoms with Crippen molar-refractivity contribution < 1.29 is 5.11 Å². The van der Waals surface area contributed by atoms with Gasteiger partial charge in [-0.3, -0.25) is 0 Å². The molecule has 1 heterocycles. The van der Waals surface area contributed by atoms with Crippen LogP contribution in [-0.2, 0) is 5.11 Å². The third kappa shape index (κ3) is 0.864. The summed E-state index contributed by atoms with van der Waals surface area (Å²) in [5.74, 6) is 0. The molecule has 51 valence electrons. The van der Waals surface area contributed by atoms with E-state index in [1.165, 1.54) is 19.3 Å². The Morgan fingerprint density at radius 1 is 1.44 bits per heavy atom. The van der Waals surface area contributed by atoms with Gasteiger partial charge in [-0.15, -0.1) is 0 Å². The molecule has 1 aliphatic carbocycles. The quantitative estimate of drug-likeness (QED) is 0.551. The normalized spacial score (nSPS) is 37.7. The highest BCUT2D eigenvalue weighted by atomic mass is 16.3. The molecular formula is C7H12NO. The van der Waals surface area contributed by atoms with Gasteiger partial charge in [-0.1, -0.05) is 0 Å². The highest BCUT2D eigenvalue weighted by molar-refractivity contribution is 5.07. The summed E-state index contributed by atoms with van der Waals surface area (Å²) in [6.45, 7) is 0.0712. The first-order chi connectivity index (χ1) is 4.35. The smallest absolute Gasteiger partial charge is 0.0975 e. The minimum atomic E-state index is 0.0712. The molecule has 2 heteroatoms. The molecule has 1 atom stereocenters. The summed E-state index contributed by atoms with van der Waals surface area (Å²) in [5.41, 5.74) is 0.467. The van der Waals surface area contributed by atoms with Crippen molar-refractivity contribution >= 4 is 0 Å². The van der Waals surface area contributed by atoms with E-state index in [4.69, 9.17) is 0 Å². The Balaban J connectivity index is 1.93. The molecule has 2 rings (SSSR count). The Morgan fingerprint density at radius 3 is 2.56 bits per heavy atom. The maximum absolute atomic E-state index is 10.4. The fourth-order valence-corrected chi connectivity index (χ4v) is 1.70. The van der Waals surface area contributed by atoms with Gasteiger partial charge in [0, 0.05) is 11.6 Å². The SMILES string of the molecule is [O]CC1CCC2(CC2)N1. The van der Waals surface area contributed by atoms with Crippen LogP contribution in [0.5, 0.6) is 0 Å². The average molecular weight is 126 g/mol. The van der Waals surface area contributed by atoms with Gasteiger partial charge in [-0.25, -0.2) is 5.11 Å². The van der Waals surface area contributed by atoms with Crippen LogP contribution in [0.2, 0.25) is 0 Å². The molecule has 1 spiro atoms. The number of hydrogen-bond acceptors (Lipinski definition) is 1. The van der Waals surface area contributed by atoms with Crippen LogP contribution in [0.1, 0.15) is 25.7 Å². The highest BCUT2D eigenvalue weighted by Crippen LogP contribution is 2.44. The first-order valence-electron chi connectivity index (χ1n) is 3.70. The summed E-state index contributed by atoms with van der Waals surface area (Å²) in [6, 6.07) is 0.299. The van der Waals surface area contributed by atoms with Crippen molar-refractivity contribution in [1.29, 1.82) is 0 Å². The van der Waals surface area contributed by atoms with Gasteiger partial charge < -0.3 is 5.32 Å². The van der Waals surface area contributed by atoms with Crippen LogP contribution in [0.3, 0.4) is 0 Å². The zero-order chi connectivity index (χ0) is 6.32. The first kappa shape index (κ1) is 5.69. The second-order valence-corrected chi connectivity index (χ2v) is 3.33. The third-order valence-corrected chi connectivity index (χ3v) is 2.54. The van der Waals surface area contributed by atoms with Crippen molar-refractivity contribution in [1.82, 2.24) is 5.32 Å². The van der Waals surface area contributed by atoms with E-state index >= 15 is 0 Å². The first-order valence-corrected chi connectivity index (χ1v) is 3.70. The zero-order valence-electron chi connectivity index (χ0n) is 5.52. The predicted molar refractivity (Wildman–Crippen MR) is 33.7 cm³/mol. The summed E-state index contributed by atoms with van der Waals surface area (Å²) in [4.78, 5) is 0. The molecule has 1 aliphatic heterocycles. The highest BCUT2D eigenvalue weighted by Gasteiger charge is 2.47. The van der Waals surface area contributed by atoms with Gasteiger partial charge in [0.2, 0.25) is 0 Å². The van der Waals surface area contributed by atoms with Crippen LogP contribution in [0.15, 0.2) is 0 Å². The van der Waals surface area contributed by atoms with E-state index in [9.17, 15) is 5.11 Å². The van der Waals surface area contributed by atoms with Crippen LogP contribution < -0.4 is 5.32 Å². The van der Waals surface area contributed by atoms with Crippen molar-refractivity contribution in [2.45, 2.75) is 37.3 Å². The molecule has 0 amide bonds. The monoisotopic (exact) mass is 126 g/mol. The van der Waals surface area contributed by atoms with E-state index in [-0.39, 0.29) is 6.61 Å². The summed E-state index contributed by atoms with van der Waals surface area (Å²) in [5, 5.41) is 13.8. The Labute approximate surface area is 55.3 Å². The fraction of sp³-hybridized carbons (Fsp3) is 1.00. The Morgan fingerprint density at radius 2 is 2.22 bits per heavy atom. The van der Waals surface area contributed by atoms with E-state index in [2.05, 4.69) is 5.32 Å². The minimum absolute atomic E-state index is 0.0712. The van der Waals surface area contributed by atoms with Crippen LogP contribution in [-0.4, -0.2) is 18.2 Å². The Bertz CT molecular complexity index is 120. The second-order valence-electron chi connectivity index (χ2n) is 3.33. The third-order valence-electron chi connectivity index (χ3n) is 2.54. The van der Waals surface area contributed by atoms with Gasteiger partial charge >= 0.3 is 0 Å². The largest absolute Gasteiger partial charge is 0.306 e. The minimum Gasteiger partial charge on any atom is -0.306 e. The van der Waals surface area contributed by atoms with Crippen LogP contribution in [0.25, 0.3) is 0 Å². The molecule has 1 N–H and O–H groups in total. The Hall–Kier alpha value is -0.0800. The van der Waals surface area contributed by atoms with Crippen molar-refractivity contribution in [3.05, 3.63) is 0 Å². The lowest BCUT2D eigenvalue weighted by atomic mass is 10.2. The molecule has 9 heavy (non-hydrogen) atoms. The number of hydrogen-bond donors (Lipinski definition) is 1. The van der Waals surface area contributed by atoms with Crippen molar-refractivity contribution in [3.8, 4) is 0 Å². The molecule has 1 saturated heterocycles. The molecule has 2 aliphatic rings. The average Bonchev–Trinajstić information content (AvgIpc) is 2.44. The topological polar surface area (TPSA) is 31.9 Å². The maximum atomic E-state index is 10.4. The molecule has 0 aromatic heterocycles. The molecule has 1 unspecified atom stereocenters. The summed E-state index contributed by atoms with van der Waals surface area (Å²) in [7, 11) is 0.